The Morgan fingerprint density at radius 2 is 1.85 bits per heavy atom. The molecule has 0 radical (unpaired) electrons. The summed E-state index contributed by atoms with van der Waals surface area (Å²) in [6.07, 6.45) is -4.53. The molecule has 11 heteroatoms. The number of amides is 2. The van der Waals surface area contributed by atoms with Gasteiger partial charge in [-0.15, -0.1) is 11.3 Å². The molecule has 0 fully saturated rings. The number of nitrogens with one attached hydrogen (secondary N) is 3. The van der Waals surface area contributed by atoms with E-state index in [-0.39, 0.29) is 22.9 Å². The third kappa shape index (κ3) is 6.53. The van der Waals surface area contributed by atoms with Crippen molar-refractivity contribution in [2.75, 3.05) is 16.4 Å². The van der Waals surface area contributed by atoms with E-state index in [2.05, 4.69) is 22.0 Å². The van der Waals surface area contributed by atoms with Gasteiger partial charge in [0.25, 0.3) is 5.91 Å². The first kappa shape index (κ1) is 28.0. The van der Waals surface area contributed by atoms with Gasteiger partial charge in [0.15, 0.2) is 0 Å². The first-order chi connectivity index (χ1) is 18.6. The number of hydrogen-bond donors (Lipinski definition) is 3. The number of halogens is 3. The van der Waals surface area contributed by atoms with Gasteiger partial charge in [0.2, 0.25) is 5.91 Å². The first-order valence-corrected chi connectivity index (χ1v) is 13.6. The van der Waals surface area contributed by atoms with Crippen molar-refractivity contribution in [2.45, 2.75) is 25.9 Å². The van der Waals surface area contributed by atoms with Crippen molar-refractivity contribution < 1.29 is 22.8 Å². The second kappa shape index (κ2) is 11.8. The van der Waals surface area contributed by atoms with Crippen LogP contribution >= 0.6 is 23.1 Å². The summed E-state index contributed by atoms with van der Waals surface area (Å²) in [5, 5.41) is 20.9. The number of nitrogens with zero attached hydrogens (tertiary/aromatic N) is 1. The number of carbonyl (C=O) groups is 2. The minimum atomic E-state index is -4.53. The number of aryl methyl sites for hydroxylation is 1. The van der Waals surface area contributed by atoms with Crippen LogP contribution < -0.4 is 16.0 Å². The Balaban J connectivity index is 1.56. The van der Waals surface area contributed by atoms with Crippen LogP contribution in [0.15, 0.2) is 87.9 Å². The molecule has 1 aliphatic rings. The maximum atomic E-state index is 13.5. The molecule has 4 rings (SSSR count). The molecule has 200 valence electrons. The molecule has 3 aromatic rings. The van der Waals surface area contributed by atoms with E-state index in [4.69, 9.17) is 0 Å². The third-order valence-electron chi connectivity index (χ3n) is 5.93. The Bertz CT molecular complexity index is 1510. The number of hydrogen-bond acceptors (Lipinski definition) is 6. The van der Waals surface area contributed by atoms with E-state index in [0.717, 1.165) is 34.3 Å². The van der Waals surface area contributed by atoms with Gasteiger partial charge in [0, 0.05) is 27.5 Å². The van der Waals surface area contributed by atoms with Crippen molar-refractivity contribution in [3.8, 4) is 6.07 Å². The predicted molar refractivity (Wildman–Crippen MR) is 148 cm³/mol. The number of para-hydroxylation sites is 1. The lowest BCUT2D eigenvalue weighted by atomic mass is 9.86. The summed E-state index contributed by atoms with van der Waals surface area (Å²) in [7, 11) is 0. The van der Waals surface area contributed by atoms with Crippen LogP contribution in [0.25, 0.3) is 0 Å². The molecular weight excluding hydrogens is 545 g/mol. The van der Waals surface area contributed by atoms with Crippen molar-refractivity contribution in [3.63, 3.8) is 0 Å². The molecule has 2 aromatic carbocycles. The number of thiophene rings is 1. The summed E-state index contributed by atoms with van der Waals surface area (Å²) in [5.41, 5.74) is 1.88. The molecule has 0 spiro atoms. The van der Waals surface area contributed by atoms with Crippen LogP contribution in [0.4, 0.5) is 24.5 Å². The Labute approximate surface area is 231 Å². The number of thioether (sulfide) groups is 1. The lowest BCUT2D eigenvalue weighted by molar-refractivity contribution is -0.137. The summed E-state index contributed by atoms with van der Waals surface area (Å²) in [6.45, 7) is 3.61. The molecule has 1 aliphatic heterocycles. The number of benzene rings is 2. The number of alkyl halides is 3. The molecule has 2 amide bonds. The fraction of sp³-hybridized carbons (Fsp3) is 0.179. The molecule has 1 atom stereocenters. The van der Waals surface area contributed by atoms with Crippen LogP contribution in [-0.2, 0) is 15.8 Å². The minimum Gasteiger partial charge on any atom is -0.353 e. The van der Waals surface area contributed by atoms with Gasteiger partial charge in [0.1, 0.15) is 0 Å². The Hall–Kier alpha value is -4.01. The second-order valence-corrected chi connectivity index (χ2v) is 10.6. The van der Waals surface area contributed by atoms with Gasteiger partial charge >= 0.3 is 6.18 Å². The van der Waals surface area contributed by atoms with E-state index >= 15 is 0 Å². The number of allylic oxidation sites excluding steroid dienone is 2. The van der Waals surface area contributed by atoms with Crippen LogP contribution in [0, 0.1) is 18.3 Å². The standard InChI is InChI=1S/C28H23F3N4O2S2/c1-16-7-3-4-10-21(16)35-26(37)24-17(2)33-27(20(14-32)25(24)22-11-6-12-38-22)39-15-23(36)34-19-9-5-8-18(13-19)28(29,30)31/h3-13,25,33H,15H2,1-2H3,(H,34,36)(H,35,37). The molecule has 0 saturated heterocycles. The maximum Gasteiger partial charge on any atom is 0.416 e. The van der Waals surface area contributed by atoms with Crippen molar-refractivity contribution in [1.82, 2.24) is 5.32 Å². The van der Waals surface area contributed by atoms with Gasteiger partial charge in [-0.3, -0.25) is 9.59 Å². The zero-order valence-corrected chi connectivity index (χ0v) is 22.5. The largest absolute Gasteiger partial charge is 0.416 e. The predicted octanol–water partition coefficient (Wildman–Crippen LogP) is 6.78. The zero-order valence-electron chi connectivity index (χ0n) is 20.8. The molecule has 39 heavy (non-hydrogen) atoms. The van der Waals surface area contributed by atoms with E-state index in [9.17, 15) is 28.0 Å². The highest BCUT2D eigenvalue weighted by Crippen LogP contribution is 2.42. The quantitative estimate of drug-likeness (QED) is 0.292. The topological polar surface area (TPSA) is 94.0 Å². The second-order valence-electron chi connectivity index (χ2n) is 8.65. The zero-order chi connectivity index (χ0) is 28.2. The summed E-state index contributed by atoms with van der Waals surface area (Å²) in [4.78, 5) is 26.9. The smallest absolute Gasteiger partial charge is 0.353 e. The summed E-state index contributed by atoms with van der Waals surface area (Å²) < 4.78 is 39.0. The normalized spacial score (nSPS) is 15.4. The van der Waals surface area contributed by atoms with Crippen LogP contribution in [0.2, 0.25) is 0 Å². The first-order valence-electron chi connectivity index (χ1n) is 11.7. The van der Waals surface area contributed by atoms with Gasteiger partial charge in [-0.25, -0.2) is 0 Å². The van der Waals surface area contributed by atoms with Gasteiger partial charge in [-0.05, 0) is 55.1 Å². The van der Waals surface area contributed by atoms with E-state index in [1.54, 1.807) is 13.0 Å². The highest BCUT2D eigenvalue weighted by atomic mass is 32.2. The van der Waals surface area contributed by atoms with Gasteiger partial charge in [-0.2, -0.15) is 18.4 Å². The van der Waals surface area contributed by atoms with E-state index in [1.807, 2.05) is 42.6 Å². The van der Waals surface area contributed by atoms with E-state index in [1.165, 1.54) is 23.5 Å². The highest BCUT2D eigenvalue weighted by Gasteiger charge is 2.35. The van der Waals surface area contributed by atoms with Crippen LogP contribution in [-0.4, -0.2) is 17.6 Å². The molecular formula is C28H23F3N4O2S2. The Morgan fingerprint density at radius 1 is 1.08 bits per heavy atom. The average molecular weight is 569 g/mol. The van der Waals surface area contributed by atoms with E-state index in [0.29, 0.717) is 22.0 Å². The molecule has 2 heterocycles. The minimum absolute atomic E-state index is 0.0178. The third-order valence-corrected chi connectivity index (χ3v) is 7.89. The van der Waals surface area contributed by atoms with Gasteiger partial charge in [-0.1, -0.05) is 42.1 Å². The van der Waals surface area contributed by atoms with Gasteiger partial charge in [0.05, 0.1) is 33.9 Å². The fourth-order valence-corrected chi connectivity index (χ4v) is 5.81. The van der Waals surface area contributed by atoms with Crippen molar-refractivity contribution >= 4 is 46.3 Å². The van der Waals surface area contributed by atoms with E-state index < -0.39 is 23.6 Å². The summed E-state index contributed by atoms with van der Waals surface area (Å²) in [5.74, 6) is -1.72. The Morgan fingerprint density at radius 3 is 2.51 bits per heavy atom. The molecule has 0 saturated carbocycles. The SMILES string of the molecule is CC1=C(C(=O)Nc2ccccc2C)C(c2cccs2)C(C#N)=C(SCC(=O)Nc2cccc(C(F)(F)F)c2)N1. The van der Waals surface area contributed by atoms with Gasteiger partial charge < -0.3 is 16.0 Å². The average Bonchev–Trinajstić information content (AvgIpc) is 3.42. The van der Waals surface area contributed by atoms with Crippen molar-refractivity contribution in [1.29, 1.82) is 5.26 Å². The lowest BCUT2D eigenvalue weighted by Crippen LogP contribution is -2.31. The number of rotatable bonds is 7. The van der Waals surface area contributed by atoms with Crippen molar-refractivity contribution in [3.05, 3.63) is 104 Å². The van der Waals surface area contributed by atoms with Crippen molar-refractivity contribution in [2.24, 2.45) is 0 Å². The lowest BCUT2D eigenvalue weighted by Gasteiger charge is -2.29. The van der Waals surface area contributed by atoms with Crippen LogP contribution in [0.3, 0.4) is 0 Å². The van der Waals surface area contributed by atoms with Crippen LogP contribution in [0.5, 0.6) is 0 Å². The maximum absolute atomic E-state index is 13.5. The molecule has 1 aromatic heterocycles. The highest BCUT2D eigenvalue weighted by molar-refractivity contribution is 8.03. The summed E-state index contributed by atoms with van der Waals surface area (Å²) in [6, 6.07) is 17.6. The number of nitriles is 1. The molecule has 0 bridgehead atoms. The molecule has 1 unspecified atom stereocenters. The molecule has 0 aliphatic carbocycles. The number of carbonyl (C=O) groups excluding carboxylic acids is 2. The summed E-state index contributed by atoms with van der Waals surface area (Å²) >= 11 is 2.45. The molecule has 6 nitrogen and oxygen atoms in total. The number of anilines is 2. The number of dihydropyridines is 1. The van der Waals surface area contributed by atoms with Crippen LogP contribution in [0.1, 0.15) is 28.8 Å². The Kier molecular flexibility index (Phi) is 8.47. The fourth-order valence-electron chi connectivity index (χ4n) is 4.08. The monoisotopic (exact) mass is 568 g/mol. The molecule has 3 N–H and O–H groups in total.